The number of thioether (sulfide) groups is 1. The Kier molecular flexibility index (Phi) is 6.35. The molecule has 1 N–H and O–H groups in total. The number of para-hydroxylation sites is 2. The van der Waals surface area contributed by atoms with E-state index in [2.05, 4.69) is 17.4 Å². The lowest BCUT2D eigenvalue weighted by Crippen LogP contribution is -2.51. The zero-order chi connectivity index (χ0) is 18.4. The van der Waals surface area contributed by atoms with Gasteiger partial charge >= 0.3 is 5.97 Å². The fraction of sp³-hybridized carbons (Fsp3) is 0.263. The summed E-state index contributed by atoms with van der Waals surface area (Å²) in [5.41, 5.74) is 0.848. The first-order chi connectivity index (χ1) is 12.7. The van der Waals surface area contributed by atoms with Crippen molar-refractivity contribution < 1.29 is 14.3 Å². The molecule has 0 bridgehead atoms. The van der Waals surface area contributed by atoms with Gasteiger partial charge in [-0.3, -0.25) is 0 Å². The average molecular weight is 389 g/mol. The van der Waals surface area contributed by atoms with Gasteiger partial charge in [0.2, 0.25) is 6.10 Å². The molecule has 0 fully saturated rings. The lowest BCUT2D eigenvalue weighted by atomic mass is 10.2. The monoisotopic (exact) mass is 388 g/mol. The van der Waals surface area contributed by atoms with Crippen LogP contribution in [0.1, 0.15) is 0 Å². The number of nitrogens with one attached hydrogen (secondary N) is 1. The SMILES string of the molecule is COC(=O)[C@@H]1CN(C(=S)NCCSc2ccccc2)c2ccccc2O1. The Labute approximate surface area is 162 Å². The molecule has 26 heavy (non-hydrogen) atoms. The van der Waals surface area contributed by atoms with Gasteiger partial charge in [-0.2, -0.15) is 0 Å². The lowest BCUT2D eigenvalue weighted by molar-refractivity contribution is -0.148. The first kappa shape index (κ1) is 18.5. The van der Waals surface area contributed by atoms with E-state index in [0.717, 1.165) is 18.0 Å². The van der Waals surface area contributed by atoms with Crippen molar-refractivity contribution in [1.82, 2.24) is 5.32 Å². The van der Waals surface area contributed by atoms with Gasteiger partial charge in [0.1, 0.15) is 5.75 Å². The van der Waals surface area contributed by atoms with Gasteiger partial charge in [-0.15, -0.1) is 11.8 Å². The fourth-order valence-electron chi connectivity index (χ4n) is 2.62. The molecule has 5 nitrogen and oxygen atoms in total. The molecule has 1 aliphatic heterocycles. The average Bonchev–Trinajstić information content (AvgIpc) is 2.70. The van der Waals surface area contributed by atoms with E-state index in [1.807, 2.05) is 47.4 Å². The highest BCUT2D eigenvalue weighted by Crippen LogP contribution is 2.33. The molecule has 2 aromatic rings. The summed E-state index contributed by atoms with van der Waals surface area (Å²) in [4.78, 5) is 15.0. The molecule has 0 unspecified atom stereocenters. The summed E-state index contributed by atoms with van der Waals surface area (Å²) >= 11 is 7.32. The first-order valence-electron chi connectivity index (χ1n) is 8.26. The van der Waals surface area contributed by atoms with Gasteiger partial charge in [-0.1, -0.05) is 30.3 Å². The predicted molar refractivity (Wildman–Crippen MR) is 108 cm³/mol. The summed E-state index contributed by atoms with van der Waals surface area (Å²) in [7, 11) is 1.36. The van der Waals surface area contributed by atoms with Crippen LogP contribution in [0.4, 0.5) is 5.69 Å². The van der Waals surface area contributed by atoms with Gasteiger partial charge in [0.15, 0.2) is 5.11 Å². The van der Waals surface area contributed by atoms with Crippen molar-refractivity contribution in [1.29, 1.82) is 0 Å². The molecular formula is C19H20N2O3S2. The molecule has 0 radical (unpaired) electrons. The fourth-order valence-corrected chi connectivity index (χ4v) is 3.68. The van der Waals surface area contributed by atoms with Crippen LogP contribution in [0.2, 0.25) is 0 Å². The zero-order valence-corrected chi connectivity index (χ0v) is 16.0. The van der Waals surface area contributed by atoms with Gasteiger partial charge in [0.05, 0.1) is 19.3 Å². The Morgan fingerprint density at radius 1 is 1.27 bits per heavy atom. The number of hydrogen-bond donors (Lipinski definition) is 1. The van der Waals surface area contributed by atoms with Crippen molar-refractivity contribution >= 4 is 40.7 Å². The molecule has 1 aliphatic rings. The number of carbonyl (C=O) groups excluding carboxylic acids is 1. The van der Waals surface area contributed by atoms with Gasteiger partial charge in [-0.05, 0) is 36.5 Å². The largest absolute Gasteiger partial charge is 0.475 e. The summed E-state index contributed by atoms with van der Waals surface area (Å²) in [6.07, 6.45) is -0.701. The van der Waals surface area contributed by atoms with Gasteiger partial charge in [0.25, 0.3) is 0 Å². The van der Waals surface area contributed by atoms with E-state index >= 15 is 0 Å². The second kappa shape index (κ2) is 8.91. The molecule has 2 aromatic carbocycles. The maximum absolute atomic E-state index is 11.9. The molecule has 0 saturated heterocycles. The highest BCUT2D eigenvalue weighted by Gasteiger charge is 2.32. The van der Waals surface area contributed by atoms with Gasteiger partial charge in [0, 0.05) is 17.2 Å². The number of esters is 1. The molecule has 136 valence electrons. The number of nitrogens with zero attached hydrogens (tertiary/aromatic N) is 1. The van der Waals surface area contributed by atoms with Crippen molar-refractivity contribution in [2.24, 2.45) is 0 Å². The Morgan fingerprint density at radius 3 is 2.77 bits per heavy atom. The van der Waals surface area contributed by atoms with E-state index < -0.39 is 12.1 Å². The van der Waals surface area contributed by atoms with Crippen molar-refractivity contribution in [2.45, 2.75) is 11.0 Å². The van der Waals surface area contributed by atoms with Crippen LogP contribution in [-0.4, -0.2) is 43.1 Å². The normalized spacial score (nSPS) is 15.6. The molecule has 7 heteroatoms. The van der Waals surface area contributed by atoms with Crippen LogP contribution >= 0.6 is 24.0 Å². The minimum atomic E-state index is -0.701. The van der Waals surface area contributed by atoms with Crippen molar-refractivity contribution in [3.63, 3.8) is 0 Å². The second-order valence-corrected chi connectivity index (χ2v) is 7.16. The van der Waals surface area contributed by atoms with Gasteiger partial charge < -0.3 is 19.7 Å². The first-order valence-corrected chi connectivity index (χ1v) is 9.65. The molecular weight excluding hydrogens is 368 g/mol. The maximum Gasteiger partial charge on any atom is 0.348 e. The highest BCUT2D eigenvalue weighted by atomic mass is 32.2. The summed E-state index contributed by atoms with van der Waals surface area (Å²) < 4.78 is 10.6. The van der Waals surface area contributed by atoms with Crippen LogP contribution in [-0.2, 0) is 9.53 Å². The Hall–Kier alpha value is -2.25. The van der Waals surface area contributed by atoms with E-state index in [0.29, 0.717) is 17.4 Å². The number of rotatable bonds is 5. The topological polar surface area (TPSA) is 50.8 Å². The Morgan fingerprint density at radius 2 is 2.00 bits per heavy atom. The van der Waals surface area contributed by atoms with Crippen molar-refractivity contribution in [3.8, 4) is 5.75 Å². The molecule has 0 spiro atoms. The van der Waals surface area contributed by atoms with Crippen molar-refractivity contribution in [3.05, 3.63) is 54.6 Å². The summed E-state index contributed by atoms with van der Waals surface area (Å²) in [5.74, 6) is 1.10. The third-order valence-electron chi connectivity index (χ3n) is 3.87. The molecule has 0 saturated carbocycles. The van der Waals surface area contributed by atoms with Crippen LogP contribution in [0.25, 0.3) is 0 Å². The Bertz CT molecular complexity index is 770. The van der Waals surface area contributed by atoms with Crippen molar-refractivity contribution in [2.75, 3.05) is 30.9 Å². The molecule has 0 aliphatic carbocycles. The number of methoxy groups -OCH3 is 1. The second-order valence-electron chi connectivity index (χ2n) is 5.60. The number of hydrogen-bond acceptors (Lipinski definition) is 5. The number of thiocarbonyl (C=S) groups is 1. The summed E-state index contributed by atoms with van der Waals surface area (Å²) in [6, 6.07) is 17.8. The van der Waals surface area contributed by atoms with E-state index in [9.17, 15) is 4.79 Å². The number of fused-ring (bicyclic) bond motifs is 1. The zero-order valence-electron chi connectivity index (χ0n) is 14.4. The predicted octanol–water partition coefficient (Wildman–Crippen LogP) is 3.09. The minimum absolute atomic E-state index is 0.321. The van der Waals surface area contributed by atoms with E-state index in [1.165, 1.54) is 12.0 Å². The maximum atomic E-state index is 11.9. The Balaban J connectivity index is 1.61. The van der Waals surface area contributed by atoms with Crippen LogP contribution < -0.4 is 15.0 Å². The standard InChI is InChI=1S/C19H20N2O3S2/c1-23-18(22)17-13-21(15-9-5-6-10-16(15)24-17)19(25)20-11-12-26-14-7-3-2-4-8-14/h2-10,17H,11-13H2,1H3,(H,20,25)/t17-/m0/s1. The molecule has 1 atom stereocenters. The summed E-state index contributed by atoms with van der Waals surface area (Å²) in [5, 5.41) is 3.84. The number of carbonyl (C=O) groups is 1. The molecule has 3 rings (SSSR count). The van der Waals surface area contributed by atoms with Crippen LogP contribution in [0.5, 0.6) is 5.75 Å². The van der Waals surface area contributed by atoms with Crippen LogP contribution in [0.3, 0.4) is 0 Å². The third-order valence-corrected chi connectivity index (χ3v) is 5.25. The highest BCUT2D eigenvalue weighted by molar-refractivity contribution is 7.99. The van der Waals surface area contributed by atoms with Crippen LogP contribution in [0, 0.1) is 0 Å². The van der Waals surface area contributed by atoms with E-state index in [1.54, 1.807) is 11.8 Å². The molecule has 0 amide bonds. The number of anilines is 1. The number of benzene rings is 2. The smallest absolute Gasteiger partial charge is 0.348 e. The van der Waals surface area contributed by atoms with Crippen LogP contribution in [0.15, 0.2) is 59.5 Å². The minimum Gasteiger partial charge on any atom is -0.475 e. The number of ether oxygens (including phenoxy) is 2. The van der Waals surface area contributed by atoms with E-state index in [4.69, 9.17) is 21.7 Å². The third kappa shape index (κ3) is 4.47. The molecule has 0 aromatic heterocycles. The van der Waals surface area contributed by atoms with Gasteiger partial charge in [-0.25, -0.2) is 4.79 Å². The molecule has 1 heterocycles. The van der Waals surface area contributed by atoms with E-state index in [-0.39, 0.29) is 0 Å². The summed E-state index contributed by atoms with van der Waals surface area (Å²) in [6.45, 7) is 1.04. The lowest BCUT2D eigenvalue weighted by Gasteiger charge is -2.35. The quantitative estimate of drug-likeness (QED) is 0.366.